The summed E-state index contributed by atoms with van der Waals surface area (Å²) in [6.45, 7) is 2.15. The fraction of sp³-hybridized carbons (Fsp3) is 0.308. The van der Waals surface area contributed by atoms with Crippen LogP contribution in [0, 0.1) is 0 Å². The van der Waals surface area contributed by atoms with E-state index in [9.17, 15) is 5.11 Å². The Morgan fingerprint density at radius 3 is 1.53 bits per heavy atom. The highest BCUT2D eigenvalue weighted by Crippen LogP contribution is 2.47. The van der Waals surface area contributed by atoms with E-state index < -0.39 is 7.92 Å². The van der Waals surface area contributed by atoms with E-state index in [4.69, 9.17) is 18.9 Å². The summed E-state index contributed by atoms with van der Waals surface area (Å²) in [5.41, 5.74) is 0.930. The number of phenolic OH excluding ortho intramolecular Hbond substituents is 1. The maximum atomic E-state index is 11.4. The molecule has 0 atom stereocenters. The summed E-state index contributed by atoms with van der Waals surface area (Å²) >= 11 is 0. The second-order valence-electron chi connectivity index (χ2n) is 7.25. The van der Waals surface area contributed by atoms with Gasteiger partial charge in [0.15, 0.2) is 0 Å². The molecule has 0 aliphatic carbocycles. The van der Waals surface area contributed by atoms with Crippen molar-refractivity contribution in [2.45, 2.75) is 26.2 Å². The largest absolute Gasteiger partial charge is 0.507 e. The van der Waals surface area contributed by atoms with Gasteiger partial charge in [0.25, 0.3) is 0 Å². The van der Waals surface area contributed by atoms with E-state index in [1.165, 1.54) is 0 Å². The molecule has 5 nitrogen and oxygen atoms in total. The summed E-state index contributed by atoms with van der Waals surface area (Å²) in [5, 5.41) is 13.9. The number of rotatable bonds is 10. The van der Waals surface area contributed by atoms with E-state index in [-0.39, 0.29) is 0 Å². The lowest BCUT2D eigenvalue weighted by Crippen LogP contribution is -2.26. The van der Waals surface area contributed by atoms with Crippen molar-refractivity contribution in [3.63, 3.8) is 0 Å². The van der Waals surface area contributed by atoms with Crippen molar-refractivity contribution in [3.8, 4) is 28.7 Å². The van der Waals surface area contributed by atoms with E-state index in [0.29, 0.717) is 28.7 Å². The molecule has 0 saturated heterocycles. The van der Waals surface area contributed by atoms with Gasteiger partial charge in [-0.3, -0.25) is 0 Å². The van der Waals surface area contributed by atoms with E-state index in [1.54, 1.807) is 28.4 Å². The first-order chi connectivity index (χ1) is 15.6. The van der Waals surface area contributed by atoms with Crippen LogP contribution in [0.25, 0.3) is 0 Å². The third kappa shape index (κ3) is 4.63. The van der Waals surface area contributed by atoms with Crippen molar-refractivity contribution in [3.05, 3.63) is 60.2 Å². The number of ether oxygens (including phenoxy) is 4. The lowest BCUT2D eigenvalue weighted by molar-refractivity contribution is 0.399. The highest BCUT2D eigenvalue weighted by Gasteiger charge is 2.32. The predicted octanol–water partition coefficient (Wildman–Crippen LogP) is 4.53. The summed E-state index contributed by atoms with van der Waals surface area (Å²) in [6, 6.07) is 17.4. The van der Waals surface area contributed by atoms with Crippen LogP contribution in [0.3, 0.4) is 0 Å². The summed E-state index contributed by atoms with van der Waals surface area (Å²) in [5.74, 6) is 3.03. The first kappa shape index (κ1) is 23.7. The molecule has 0 heterocycles. The Morgan fingerprint density at radius 1 is 0.688 bits per heavy atom. The number of para-hydroxylation sites is 1. The molecule has 0 radical (unpaired) electrons. The van der Waals surface area contributed by atoms with Crippen LogP contribution in [0.4, 0.5) is 0 Å². The van der Waals surface area contributed by atoms with E-state index >= 15 is 0 Å². The monoisotopic (exact) mass is 454 g/mol. The lowest BCUT2D eigenvalue weighted by atomic mass is 10.1. The average Bonchev–Trinajstić information content (AvgIpc) is 2.84. The Morgan fingerprint density at radius 2 is 1.12 bits per heavy atom. The number of benzene rings is 3. The highest BCUT2D eigenvalue weighted by molar-refractivity contribution is 7.80. The molecular formula is C26H31O5P. The molecule has 0 aliphatic heterocycles. The molecule has 1 N–H and O–H groups in total. The molecule has 3 rings (SSSR count). The van der Waals surface area contributed by atoms with Crippen LogP contribution in [0.15, 0.2) is 54.6 Å². The maximum Gasteiger partial charge on any atom is 0.130 e. The molecule has 0 spiro atoms. The number of unbranched alkanes of at least 4 members (excludes halogenated alkanes) is 1. The van der Waals surface area contributed by atoms with E-state index in [0.717, 1.165) is 40.7 Å². The van der Waals surface area contributed by atoms with Crippen LogP contribution in [0.2, 0.25) is 0 Å². The molecule has 0 aliphatic rings. The minimum Gasteiger partial charge on any atom is -0.507 e. The molecule has 0 bridgehead atoms. The maximum absolute atomic E-state index is 11.4. The molecular weight excluding hydrogens is 423 g/mol. The number of phenols is 1. The van der Waals surface area contributed by atoms with Crippen molar-refractivity contribution in [1.29, 1.82) is 0 Å². The van der Waals surface area contributed by atoms with Crippen molar-refractivity contribution < 1.29 is 24.1 Å². The van der Waals surface area contributed by atoms with Crippen LogP contribution in [-0.4, -0.2) is 33.5 Å². The third-order valence-corrected chi connectivity index (χ3v) is 8.01. The van der Waals surface area contributed by atoms with Gasteiger partial charge in [-0.2, -0.15) is 0 Å². The average molecular weight is 455 g/mol. The van der Waals surface area contributed by atoms with Gasteiger partial charge < -0.3 is 24.1 Å². The molecule has 32 heavy (non-hydrogen) atoms. The molecule has 0 aromatic heterocycles. The molecule has 0 unspecified atom stereocenters. The van der Waals surface area contributed by atoms with E-state index in [1.807, 2.05) is 54.6 Å². The van der Waals surface area contributed by atoms with Gasteiger partial charge in [0.2, 0.25) is 0 Å². The minimum atomic E-state index is -1.35. The molecule has 170 valence electrons. The summed E-state index contributed by atoms with van der Waals surface area (Å²) in [6.07, 6.45) is 2.87. The molecule has 0 saturated carbocycles. The van der Waals surface area contributed by atoms with Crippen LogP contribution in [0.5, 0.6) is 28.7 Å². The zero-order valence-corrected chi connectivity index (χ0v) is 20.2. The second-order valence-corrected chi connectivity index (χ2v) is 9.29. The molecule has 0 fully saturated rings. The summed E-state index contributed by atoms with van der Waals surface area (Å²) < 4.78 is 23.1. The van der Waals surface area contributed by atoms with Gasteiger partial charge >= 0.3 is 0 Å². The topological polar surface area (TPSA) is 57.2 Å². The van der Waals surface area contributed by atoms with Gasteiger partial charge in [-0.05, 0) is 42.7 Å². The molecule has 3 aromatic rings. The van der Waals surface area contributed by atoms with Gasteiger partial charge in [0.05, 0.1) is 39.0 Å². The standard InChI is InChI=1S/C26H31O5P/c1-6-7-11-18-12-8-17-23(24(18)27)32(25-19(28-2)13-9-14-20(25)29-3)26-21(30-4)15-10-16-22(26)31-5/h8-10,12-17,27H,6-7,11H2,1-5H3. The van der Waals surface area contributed by atoms with Crippen molar-refractivity contribution in [2.24, 2.45) is 0 Å². The smallest absolute Gasteiger partial charge is 0.130 e. The first-order valence-electron chi connectivity index (χ1n) is 10.6. The van der Waals surface area contributed by atoms with Gasteiger partial charge in [-0.25, -0.2) is 0 Å². The number of hydrogen-bond donors (Lipinski definition) is 1. The Bertz CT molecular complexity index is 950. The molecule has 0 amide bonds. The summed E-state index contributed by atoms with van der Waals surface area (Å²) in [4.78, 5) is 0. The second kappa shape index (κ2) is 11.1. The normalized spacial score (nSPS) is 10.8. The van der Waals surface area contributed by atoms with Crippen LogP contribution in [0.1, 0.15) is 25.3 Å². The zero-order valence-electron chi connectivity index (χ0n) is 19.3. The van der Waals surface area contributed by atoms with Gasteiger partial charge in [0.1, 0.15) is 28.7 Å². The van der Waals surface area contributed by atoms with Gasteiger partial charge in [0, 0.05) is 13.2 Å². The fourth-order valence-electron chi connectivity index (χ4n) is 3.78. The Kier molecular flexibility index (Phi) is 8.24. The minimum absolute atomic E-state index is 0.299. The third-order valence-electron chi connectivity index (χ3n) is 5.39. The molecule has 6 heteroatoms. The van der Waals surface area contributed by atoms with Gasteiger partial charge in [-0.1, -0.05) is 43.7 Å². The highest BCUT2D eigenvalue weighted by atomic mass is 31.1. The fourth-order valence-corrected chi connectivity index (χ4v) is 6.62. The number of aromatic hydroxyl groups is 1. The van der Waals surface area contributed by atoms with Crippen molar-refractivity contribution >= 4 is 23.8 Å². The molecule has 3 aromatic carbocycles. The van der Waals surface area contributed by atoms with Gasteiger partial charge in [-0.15, -0.1) is 0 Å². The predicted molar refractivity (Wildman–Crippen MR) is 132 cm³/mol. The van der Waals surface area contributed by atoms with Crippen LogP contribution >= 0.6 is 7.92 Å². The summed E-state index contributed by atoms with van der Waals surface area (Å²) in [7, 11) is 5.21. The van der Waals surface area contributed by atoms with Crippen LogP contribution < -0.4 is 34.9 Å². The van der Waals surface area contributed by atoms with Crippen LogP contribution in [-0.2, 0) is 6.42 Å². The van der Waals surface area contributed by atoms with E-state index in [2.05, 4.69) is 6.92 Å². The first-order valence-corrected chi connectivity index (χ1v) is 12.0. The zero-order chi connectivity index (χ0) is 23.1. The number of aryl methyl sites for hydroxylation is 1. The van der Waals surface area contributed by atoms with Crippen molar-refractivity contribution in [1.82, 2.24) is 0 Å². The Hall–Kier alpha value is -2.91. The number of hydrogen-bond acceptors (Lipinski definition) is 5. The SMILES string of the molecule is CCCCc1cccc(P(c2c(OC)cccc2OC)c2c(OC)cccc2OC)c1O. The number of methoxy groups -OCH3 is 4. The lowest BCUT2D eigenvalue weighted by Gasteiger charge is -2.27. The Labute approximate surface area is 191 Å². The Balaban J connectivity index is 2.40. The quantitative estimate of drug-likeness (QED) is 0.457. The van der Waals surface area contributed by atoms with Crippen molar-refractivity contribution in [2.75, 3.05) is 28.4 Å².